The SMILES string of the molecule is CN=C(NCCCCn1ccccc1=O)N(C)Cc1ccc(C(F)(F)F)cc1. The number of alkyl halides is 3. The summed E-state index contributed by atoms with van der Waals surface area (Å²) in [7, 11) is 3.49. The number of hydrogen-bond donors (Lipinski definition) is 1. The monoisotopic (exact) mass is 394 g/mol. The number of benzene rings is 1. The van der Waals surface area contributed by atoms with Crippen molar-refractivity contribution in [1.82, 2.24) is 14.8 Å². The molecule has 0 spiro atoms. The molecule has 2 aromatic rings. The molecule has 0 radical (unpaired) electrons. The van der Waals surface area contributed by atoms with Gasteiger partial charge in [-0.25, -0.2) is 0 Å². The molecule has 0 amide bonds. The predicted molar refractivity (Wildman–Crippen MR) is 104 cm³/mol. The smallest absolute Gasteiger partial charge is 0.356 e. The highest BCUT2D eigenvalue weighted by Crippen LogP contribution is 2.29. The van der Waals surface area contributed by atoms with Gasteiger partial charge in [0.25, 0.3) is 0 Å². The molecule has 8 heteroatoms. The van der Waals surface area contributed by atoms with Crippen LogP contribution in [0.2, 0.25) is 0 Å². The zero-order chi connectivity index (χ0) is 20.6. The van der Waals surface area contributed by atoms with Gasteiger partial charge in [0, 0.05) is 46.0 Å². The van der Waals surface area contributed by atoms with Crippen LogP contribution in [0, 0.1) is 0 Å². The minimum atomic E-state index is -4.33. The van der Waals surface area contributed by atoms with Gasteiger partial charge < -0.3 is 14.8 Å². The molecule has 1 aromatic carbocycles. The molecule has 28 heavy (non-hydrogen) atoms. The maximum Gasteiger partial charge on any atom is 0.416 e. The minimum absolute atomic E-state index is 0.0115. The molecule has 0 saturated heterocycles. The van der Waals surface area contributed by atoms with Gasteiger partial charge in [-0.15, -0.1) is 0 Å². The number of hydrogen-bond acceptors (Lipinski definition) is 2. The van der Waals surface area contributed by atoms with Crippen molar-refractivity contribution in [2.24, 2.45) is 4.99 Å². The van der Waals surface area contributed by atoms with Gasteiger partial charge in [-0.1, -0.05) is 18.2 Å². The molecule has 0 unspecified atom stereocenters. The molecule has 1 aromatic heterocycles. The van der Waals surface area contributed by atoms with Gasteiger partial charge in [-0.3, -0.25) is 9.79 Å². The quantitative estimate of drug-likeness (QED) is 0.445. The number of guanidine groups is 1. The lowest BCUT2D eigenvalue weighted by atomic mass is 10.1. The highest BCUT2D eigenvalue weighted by molar-refractivity contribution is 5.79. The molecule has 0 bridgehead atoms. The van der Waals surface area contributed by atoms with Crippen molar-refractivity contribution in [3.8, 4) is 0 Å². The number of nitrogens with zero attached hydrogens (tertiary/aromatic N) is 3. The summed E-state index contributed by atoms with van der Waals surface area (Å²) in [6, 6.07) is 10.2. The number of aryl methyl sites for hydroxylation is 1. The van der Waals surface area contributed by atoms with E-state index in [9.17, 15) is 18.0 Å². The highest BCUT2D eigenvalue weighted by Gasteiger charge is 2.29. The lowest BCUT2D eigenvalue weighted by Crippen LogP contribution is -2.39. The minimum Gasteiger partial charge on any atom is -0.356 e. The maximum atomic E-state index is 12.6. The molecule has 2 rings (SSSR count). The molecule has 152 valence electrons. The zero-order valence-electron chi connectivity index (χ0n) is 16.0. The standard InChI is InChI=1S/C20H25F3N4O/c1-24-19(25-12-4-6-14-27-13-5-3-7-18(27)28)26(2)15-16-8-10-17(11-9-16)20(21,22)23/h3,5,7-11,13H,4,6,12,14-15H2,1-2H3,(H,24,25). The first-order valence-corrected chi connectivity index (χ1v) is 9.04. The molecular weight excluding hydrogens is 369 g/mol. The van der Waals surface area contributed by atoms with Crippen molar-refractivity contribution >= 4 is 5.96 Å². The van der Waals surface area contributed by atoms with E-state index in [1.54, 1.807) is 23.9 Å². The van der Waals surface area contributed by atoms with Gasteiger partial charge in [0.2, 0.25) is 5.56 Å². The second-order valence-electron chi connectivity index (χ2n) is 6.46. The van der Waals surface area contributed by atoms with E-state index < -0.39 is 11.7 Å². The predicted octanol–water partition coefficient (Wildman–Crippen LogP) is 3.35. The zero-order valence-corrected chi connectivity index (χ0v) is 16.0. The van der Waals surface area contributed by atoms with E-state index in [-0.39, 0.29) is 5.56 Å². The van der Waals surface area contributed by atoms with Crippen LogP contribution in [0.4, 0.5) is 13.2 Å². The largest absolute Gasteiger partial charge is 0.416 e. The van der Waals surface area contributed by atoms with Crippen LogP contribution in [0.15, 0.2) is 58.4 Å². The van der Waals surface area contributed by atoms with Gasteiger partial charge in [0.05, 0.1) is 5.56 Å². The Labute approximate surface area is 162 Å². The first-order valence-electron chi connectivity index (χ1n) is 9.04. The summed E-state index contributed by atoms with van der Waals surface area (Å²) < 4.78 is 39.6. The van der Waals surface area contributed by atoms with Crippen LogP contribution in [0.5, 0.6) is 0 Å². The summed E-state index contributed by atoms with van der Waals surface area (Å²) >= 11 is 0. The topological polar surface area (TPSA) is 49.6 Å². The van der Waals surface area contributed by atoms with Gasteiger partial charge in [0.15, 0.2) is 5.96 Å². The Balaban J connectivity index is 1.78. The number of unbranched alkanes of at least 4 members (excludes halogenated alkanes) is 1. The van der Waals surface area contributed by atoms with Crippen molar-refractivity contribution in [2.45, 2.75) is 32.1 Å². The Morgan fingerprint density at radius 1 is 1.14 bits per heavy atom. The Kier molecular flexibility index (Phi) is 7.66. The fraction of sp³-hybridized carbons (Fsp3) is 0.400. The van der Waals surface area contributed by atoms with E-state index in [0.717, 1.165) is 30.5 Å². The third kappa shape index (κ3) is 6.44. The molecule has 0 atom stereocenters. The highest BCUT2D eigenvalue weighted by atomic mass is 19.4. The first-order chi connectivity index (χ1) is 13.3. The van der Waals surface area contributed by atoms with E-state index in [4.69, 9.17) is 0 Å². The number of aromatic nitrogens is 1. The molecule has 0 aliphatic carbocycles. The second kappa shape index (κ2) is 9.96. The van der Waals surface area contributed by atoms with E-state index in [2.05, 4.69) is 10.3 Å². The molecule has 0 fully saturated rings. The third-order valence-electron chi connectivity index (χ3n) is 4.28. The summed E-state index contributed by atoms with van der Waals surface area (Å²) in [4.78, 5) is 17.7. The Morgan fingerprint density at radius 3 is 2.46 bits per heavy atom. The Bertz CT molecular complexity index is 828. The van der Waals surface area contributed by atoms with E-state index in [1.165, 1.54) is 18.2 Å². The van der Waals surface area contributed by atoms with E-state index in [1.807, 2.05) is 18.0 Å². The first kappa shape index (κ1) is 21.5. The van der Waals surface area contributed by atoms with Gasteiger partial charge >= 0.3 is 6.18 Å². The molecular formula is C20H25F3N4O. The van der Waals surface area contributed by atoms with Crippen LogP contribution in [0.25, 0.3) is 0 Å². The molecule has 0 aliphatic heterocycles. The van der Waals surface area contributed by atoms with Gasteiger partial charge in [0.1, 0.15) is 0 Å². The lowest BCUT2D eigenvalue weighted by Gasteiger charge is -2.22. The van der Waals surface area contributed by atoms with Crippen LogP contribution in [-0.4, -0.2) is 36.1 Å². The number of nitrogens with one attached hydrogen (secondary N) is 1. The average Bonchev–Trinajstić information content (AvgIpc) is 2.65. The molecule has 1 N–H and O–H groups in total. The summed E-state index contributed by atoms with van der Waals surface area (Å²) in [5.41, 5.74) is 0.100. The fourth-order valence-electron chi connectivity index (χ4n) is 2.79. The van der Waals surface area contributed by atoms with Gasteiger partial charge in [-0.2, -0.15) is 13.2 Å². The summed E-state index contributed by atoms with van der Waals surface area (Å²) in [5, 5.41) is 3.23. The number of halogens is 3. The van der Waals surface area contributed by atoms with E-state index in [0.29, 0.717) is 25.6 Å². The Morgan fingerprint density at radius 2 is 1.86 bits per heavy atom. The lowest BCUT2D eigenvalue weighted by molar-refractivity contribution is -0.137. The van der Waals surface area contributed by atoms with Crippen LogP contribution in [-0.2, 0) is 19.3 Å². The summed E-state index contributed by atoms with van der Waals surface area (Å²) in [6.45, 7) is 1.78. The molecule has 5 nitrogen and oxygen atoms in total. The normalized spacial score (nSPS) is 12.1. The third-order valence-corrected chi connectivity index (χ3v) is 4.28. The van der Waals surface area contributed by atoms with Crippen LogP contribution >= 0.6 is 0 Å². The maximum absolute atomic E-state index is 12.6. The fourth-order valence-corrected chi connectivity index (χ4v) is 2.79. The van der Waals surface area contributed by atoms with Crippen LogP contribution < -0.4 is 10.9 Å². The summed E-state index contributed by atoms with van der Waals surface area (Å²) in [6.07, 6.45) is -0.857. The summed E-state index contributed by atoms with van der Waals surface area (Å²) in [5.74, 6) is 0.664. The Hall–Kier alpha value is -2.77. The van der Waals surface area contributed by atoms with Crippen molar-refractivity contribution in [1.29, 1.82) is 0 Å². The van der Waals surface area contributed by atoms with Crippen molar-refractivity contribution in [3.63, 3.8) is 0 Å². The van der Waals surface area contributed by atoms with E-state index >= 15 is 0 Å². The van der Waals surface area contributed by atoms with Gasteiger partial charge in [-0.05, 0) is 36.6 Å². The number of rotatable bonds is 7. The van der Waals surface area contributed by atoms with Crippen LogP contribution in [0.3, 0.4) is 0 Å². The van der Waals surface area contributed by atoms with Crippen molar-refractivity contribution < 1.29 is 13.2 Å². The second-order valence-corrected chi connectivity index (χ2v) is 6.46. The number of aliphatic imine (C=N–C) groups is 1. The van der Waals surface area contributed by atoms with Crippen molar-refractivity contribution in [3.05, 3.63) is 70.1 Å². The number of pyridine rings is 1. The molecule has 1 heterocycles. The average molecular weight is 394 g/mol. The van der Waals surface area contributed by atoms with Crippen molar-refractivity contribution in [2.75, 3.05) is 20.6 Å². The molecule has 0 aliphatic rings. The van der Waals surface area contributed by atoms with Crippen LogP contribution in [0.1, 0.15) is 24.0 Å². The molecule has 0 saturated carbocycles.